The molecule has 0 unspecified atom stereocenters. The summed E-state index contributed by atoms with van der Waals surface area (Å²) in [5.41, 5.74) is 0. The molecule has 2 aliphatic heterocycles. The number of ether oxygens (including phenoxy) is 1. The van der Waals surface area contributed by atoms with Crippen LogP contribution in [-0.2, 0) is 14.3 Å². The van der Waals surface area contributed by atoms with E-state index >= 15 is 0 Å². The molecular formula is C18H29NO4. The maximum absolute atomic E-state index is 12.3. The number of fused-ring (bicyclic) bond motifs is 2. The topological polar surface area (TPSA) is 75.6 Å². The lowest BCUT2D eigenvalue weighted by atomic mass is 9.82. The van der Waals surface area contributed by atoms with Gasteiger partial charge >= 0.3 is 5.97 Å². The molecule has 2 heterocycles. The van der Waals surface area contributed by atoms with Gasteiger partial charge in [-0.2, -0.15) is 0 Å². The van der Waals surface area contributed by atoms with E-state index in [0.29, 0.717) is 6.54 Å². The van der Waals surface area contributed by atoms with Gasteiger partial charge in [-0.25, -0.2) is 0 Å². The molecule has 0 aromatic rings. The molecule has 1 saturated heterocycles. The van der Waals surface area contributed by atoms with Crippen LogP contribution < -0.4 is 5.32 Å². The third kappa shape index (κ3) is 4.80. The maximum Gasteiger partial charge on any atom is 0.310 e. The Morgan fingerprint density at radius 1 is 0.957 bits per heavy atom. The summed E-state index contributed by atoms with van der Waals surface area (Å²) in [6.07, 6.45) is 12.5. The average molecular weight is 323 g/mol. The van der Waals surface area contributed by atoms with Crippen molar-refractivity contribution >= 4 is 11.9 Å². The molecule has 5 heteroatoms. The highest BCUT2D eigenvalue weighted by molar-refractivity contribution is 5.87. The Hall–Kier alpha value is -1.36. The summed E-state index contributed by atoms with van der Waals surface area (Å²) in [6, 6.07) is 0. The van der Waals surface area contributed by atoms with E-state index < -0.39 is 23.9 Å². The van der Waals surface area contributed by atoms with Gasteiger partial charge < -0.3 is 15.2 Å². The number of rotatable bonds is 11. The highest BCUT2D eigenvalue weighted by Gasteiger charge is 2.53. The molecule has 0 saturated carbocycles. The number of carboxylic acid groups (broad SMARTS) is 1. The number of carboxylic acids is 1. The number of carbonyl (C=O) groups excluding carboxylic acids is 1. The van der Waals surface area contributed by atoms with Gasteiger partial charge in [-0.05, 0) is 6.42 Å². The van der Waals surface area contributed by atoms with Gasteiger partial charge in [-0.1, -0.05) is 64.0 Å². The Balaban J connectivity index is 1.60. The molecule has 130 valence electrons. The fourth-order valence-corrected chi connectivity index (χ4v) is 3.50. The van der Waals surface area contributed by atoms with Crippen molar-refractivity contribution in [3.63, 3.8) is 0 Å². The Bertz CT molecular complexity index is 435. The number of unbranched alkanes of at least 4 members (excludes halogenated alkanes) is 7. The van der Waals surface area contributed by atoms with Crippen molar-refractivity contribution in [2.75, 3.05) is 6.54 Å². The molecule has 2 bridgehead atoms. The van der Waals surface area contributed by atoms with Gasteiger partial charge in [0.1, 0.15) is 5.92 Å². The Morgan fingerprint density at radius 2 is 1.52 bits per heavy atom. The fraction of sp³-hybridized carbons (Fsp3) is 0.778. The highest BCUT2D eigenvalue weighted by atomic mass is 16.5. The van der Waals surface area contributed by atoms with E-state index in [1.165, 1.54) is 38.5 Å². The predicted molar refractivity (Wildman–Crippen MR) is 88.0 cm³/mol. The van der Waals surface area contributed by atoms with Crippen LogP contribution in [0.15, 0.2) is 12.2 Å². The van der Waals surface area contributed by atoms with E-state index in [2.05, 4.69) is 12.2 Å². The van der Waals surface area contributed by atoms with Crippen LogP contribution in [0.3, 0.4) is 0 Å². The Kier molecular flexibility index (Phi) is 7.09. The van der Waals surface area contributed by atoms with Crippen LogP contribution in [0, 0.1) is 11.8 Å². The van der Waals surface area contributed by atoms with E-state index in [4.69, 9.17) is 4.74 Å². The smallest absolute Gasteiger partial charge is 0.310 e. The average Bonchev–Trinajstić information content (AvgIpc) is 3.14. The highest BCUT2D eigenvalue weighted by Crippen LogP contribution is 2.39. The van der Waals surface area contributed by atoms with Gasteiger partial charge in [-0.3, -0.25) is 9.59 Å². The second kappa shape index (κ2) is 9.06. The van der Waals surface area contributed by atoms with Gasteiger partial charge in [0, 0.05) is 6.54 Å². The molecule has 2 rings (SSSR count). The normalized spacial score (nSPS) is 28.2. The lowest BCUT2D eigenvalue weighted by molar-refractivity contribution is -0.146. The van der Waals surface area contributed by atoms with E-state index in [-0.39, 0.29) is 12.0 Å². The molecule has 2 N–H and O–H groups in total. The standard InChI is InChI=1S/C18H29NO4/c1-2-3-4-5-6-7-8-9-12-19-17(20)15-13-10-11-14(23-13)16(15)18(21)22/h10-11,13-16H,2-9,12H2,1H3,(H,19,20)(H,21,22)/t13-,14-,15-,16+/m1/s1. The van der Waals surface area contributed by atoms with Gasteiger partial charge in [-0.15, -0.1) is 0 Å². The Morgan fingerprint density at radius 3 is 2.13 bits per heavy atom. The van der Waals surface area contributed by atoms with Gasteiger partial charge in [0.2, 0.25) is 5.91 Å². The molecule has 0 aliphatic carbocycles. The molecule has 4 atom stereocenters. The first-order valence-electron chi connectivity index (χ1n) is 8.99. The lowest BCUT2D eigenvalue weighted by Gasteiger charge is -2.20. The quantitative estimate of drug-likeness (QED) is 0.453. The Labute approximate surface area is 138 Å². The predicted octanol–water partition coefficient (Wildman–Crippen LogP) is 2.90. The largest absolute Gasteiger partial charge is 0.481 e. The molecule has 0 spiro atoms. The zero-order valence-corrected chi connectivity index (χ0v) is 14.0. The van der Waals surface area contributed by atoms with Crippen molar-refractivity contribution in [2.45, 2.75) is 70.5 Å². The van der Waals surface area contributed by atoms with Crippen LogP contribution in [0.1, 0.15) is 58.3 Å². The van der Waals surface area contributed by atoms with Crippen molar-refractivity contribution in [1.82, 2.24) is 5.32 Å². The molecule has 5 nitrogen and oxygen atoms in total. The molecular weight excluding hydrogens is 294 g/mol. The summed E-state index contributed by atoms with van der Waals surface area (Å²) in [6.45, 7) is 2.84. The number of hydrogen-bond acceptors (Lipinski definition) is 3. The van der Waals surface area contributed by atoms with Gasteiger partial charge in [0.25, 0.3) is 0 Å². The van der Waals surface area contributed by atoms with Crippen molar-refractivity contribution in [1.29, 1.82) is 0 Å². The number of nitrogens with one attached hydrogen (secondary N) is 1. The molecule has 0 radical (unpaired) electrons. The first kappa shape index (κ1) is 18.0. The van der Waals surface area contributed by atoms with Crippen molar-refractivity contribution in [3.05, 3.63) is 12.2 Å². The minimum Gasteiger partial charge on any atom is -0.481 e. The van der Waals surface area contributed by atoms with E-state index in [9.17, 15) is 14.7 Å². The second-order valence-corrected chi connectivity index (χ2v) is 6.61. The van der Waals surface area contributed by atoms with Gasteiger partial charge in [0.05, 0.1) is 18.1 Å². The number of hydrogen-bond donors (Lipinski definition) is 2. The molecule has 23 heavy (non-hydrogen) atoms. The maximum atomic E-state index is 12.3. The second-order valence-electron chi connectivity index (χ2n) is 6.61. The van der Waals surface area contributed by atoms with E-state index in [1.54, 1.807) is 6.08 Å². The van der Waals surface area contributed by atoms with Crippen LogP contribution in [0.5, 0.6) is 0 Å². The third-order valence-electron chi connectivity index (χ3n) is 4.82. The van der Waals surface area contributed by atoms with Crippen molar-refractivity contribution < 1.29 is 19.4 Å². The van der Waals surface area contributed by atoms with Crippen LogP contribution in [0.2, 0.25) is 0 Å². The number of carbonyl (C=O) groups is 2. The third-order valence-corrected chi connectivity index (χ3v) is 4.82. The van der Waals surface area contributed by atoms with E-state index in [1.807, 2.05) is 6.08 Å². The summed E-state index contributed by atoms with van der Waals surface area (Å²) in [5.74, 6) is -2.47. The number of aliphatic carboxylic acids is 1. The summed E-state index contributed by atoms with van der Waals surface area (Å²) in [4.78, 5) is 23.6. The van der Waals surface area contributed by atoms with Crippen LogP contribution in [0.25, 0.3) is 0 Å². The summed E-state index contributed by atoms with van der Waals surface area (Å²) < 4.78 is 5.52. The van der Waals surface area contributed by atoms with Crippen molar-refractivity contribution in [2.24, 2.45) is 11.8 Å². The zero-order valence-electron chi connectivity index (χ0n) is 14.0. The SMILES string of the molecule is CCCCCCCCCCNC(=O)[C@H]1[C@@H](C(=O)O)[C@H]2C=C[C@H]1O2. The number of amides is 1. The summed E-state index contributed by atoms with van der Waals surface area (Å²) >= 11 is 0. The molecule has 1 amide bonds. The first-order chi connectivity index (χ1) is 11.1. The van der Waals surface area contributed by atoms with Crippen LogP contribution in [0.4, 0.5) is 0 Å². The molecule has 2 aliphatic rings. The molecule has 0 aromatic heterocycles. The minimum atomic E-state index is -0.950. The summed E-state index contributed by atoms with van der Waals surface area (Å²) in [7, 11) is 0. The zero-order chi connectivity index (χ0) is 16.7. The van der Waals surface area contributed by atoms with Crippen LogP contribution >= 0.6 is 0 Å². The lowest BCUT2D eigenvalue weighted by Crippen LogP contribution is -2.42. The van der Waals surface area contributed by atoms with Crippen molar-refractivity contribution in [3.8, 4) is 0 Å². The monoisotopic (exact) mass is 323 g/mol. The molecule has 0 aromatic carbocycles. The molecule has 1 fully saturated rings. The minimum absolute atomic E-state index is 0.183. The van der Waals surface area contributed by atoms with Crippen LogP contribution in [-0.4, -0.2) is 35.7 Å². The first-order valence-corrected chi connectivity index (χ1v) is 8.99. The van der Waals surface area contributed by atoms with E-state index in [0.717, 1.165) is 12.8 Å². The summed E-state index contributed by atoms with van der Waals surface area (Å²) in [5, 5.41) is 12.2. The van der Waals surface area contributed by atoms with Gasteiger partial charge in [0.15, 0.2) is 0 Å². The fourth-order valence-electron chi connectivity index (χ4n) is 3.50.